The molecule has 0 radical (unpaired) electrons. The number of hydrogen-bond acceptors (Lipinski definition) is 1. The molecule has 2 aliphatic heterocycles. The second kappa shape index (κ2) is 2.94. The first-order valence-corrected chi connectivity index (χ1v) is 4.65. The molecular formula is C9H17N2+. The van der Waals surface area contributed by atoms with Gasteiger partial charge in [-0.3, -0.25) is 0 Å². The van der Waals surface area contributed by atoms with Crippen LogP contribution in [0.5, 0.6) is 0 Å². The highest BCUT2D eigenvalue weighted by atomic mass is 15.0. The van der Waals surface area contributed by atoms with Crippen LogP contribution in [0.3, 0.4) is 0 Å². The lowest BCUT2D eigenvalue weighted by atomic mass is 9.86. The molecule has 2 nitrogen and oxygen atoms in total. The standard InChI is InChI=1S/C9H17N2/c1-11-6-4-9-8(7-11)3-2-5-10-9/h8-10H,1-7H2/q+1. The van der Waals surface area contributed by atoms with E-state index >= 15 is 0 Å². The highest BCUT2D eigenvalue weighted by Gasteiger charge is 2.32. The van der Waals surface area contributed by atoms with E-state index < -0.39 is 0 Å². The molecule has 2 atom stereocenters. The van der Waals surface area contributed by atoms with Crippen molar-refractivity contribution in [2.75, 3.05) is 19.6 Å². The van der Waals surface area contributed by atoms with Gasteiger partial charge in [-0.25, -0.2) is 4.58 Å². The Balaban J connectivity index is 1.98. The molecule has 11 heavy (non-hydrogen) atoms. The monoisotopic (exact) mass is 153 g/mol. The molecule has 1 N–H and O–H groups in total. The first-order chi connectivity index (χ1) is 5.36. The average Bonchev–Trinajstić information content (AvgIpc) is 2.04. The van der Waals surface area contributed by atoms with Crippen LogP contribution < -0.4 is 5.32 Å². The Kier molecular flexibility index (Phi) is 1.95. The average molecular weight is 153 g/mol. The Morgan fingerprint density at radius 3 is 3.18 bits per heavy atom. The van der Waals surface area contributed by atoms with Crippen LogP contribution in [0, 0.1) is 5.92 Å². The Labute approximate surface area is 68.3 Å². The van der Waals surface area contributed by atoms with Crippen molar-refractivity contribution in [1.29, 1.82) is 0 Å². The largest absolute Gasteiger partial charge is 0.313 e. The molecule has 0 spiro atoms. The van der Waals surface area contributed by atoms with Crippen LogP contribution in [-0.2, 0) is 0 Å². The molecule has 2 rings (SSSR count). The van der Waals surface area contributed by atoms with Crippen molar-refractivity contribution < 1.29 is 4.58 Å². The zero-order valence-corrected chi connectivity index (χ0v) is 7.05. The molecule has 0 amide bonds. The Morgan fingerprint density at radius 1 is 1.36 bits per heavy atom. The second-order valence-electron chi connectivity index (χ2n) is 3.83. The maximum Gasteiger partial charge on any atom is 0.146 e. The van der Waals surface area contributed by atoms with Crippen LogP contribution in [0.25, 0.3) is 0 Å². The molecule has 0 saturated carbocycles. The van der Waals surface area contributed by atoms with E-state index in [2.05, 4.69) is 16.6 Å². The molecule has 2 aliphatic rings. The topological polar surface area (TPSA) is 15.0 Å². The fourth-order valence-electron chi connectivity index (χ4n) is 2.32. The van der Waals surface area contributed by atoms with Crippen molar-refractivity contribution in [3.8, 4) is 0 Å². The quantitative estimate of drug-likeness (QED) is 0.500. The summed E-state index contributed by atoms with van der Waals surface area (Å²) in [5.74, 6) is 0.884. The van der Waals surface area contributed by atoms with E-state index in [1.165, 1.54) is 38.9 Å². The fraction of sp³-hybridized carbons (Fsp3) is 0.889. The van der Waals surface area contributed by atoms with Gasteiger partial charge >= 0.3 is 0 Å². The fourth-order valence-corrected chi connectivity index (χ4v) is 2.32. The SMILES string of the molecule is C=[N+]1CCC2NCCCC2C1. The van der Waals surface area contributed by atoms with Gasteiger partial charge in [-0.2, -0.15) is 0 Å². The van der Waals surface area contributed by atoms with Gasteiger partial charge in [0.1, 0.15) is 19.8 Å². The van der Waals surface area contributed by atoms with Gasteiger partial charge in [0.2, 0.25) is 0 Å². The van der Waals surface area contributed by atoms with Crippen molar-refractivity contribution >= 4 is 6.72 Å². The van der Waals surface area contributed by atoms with Crippen LogP contribution in [0.4, 0.5) is 0 Å². The summed E-state index contributed by atoms with van der Waals surface area (Å²) < 4.78 is 2.22. The highest BCUT2D eigenvalue weighted by molar-refractivity contribution is 5.14. The van der Waals surface area contributed by atoms with Gasteiger partial charge in [0.05, 0.1) is 0 Å². The molecule has 2 heterocycles. The minimum atomic E-state index is 0.807. The normalized spacial score (nSPS) is 38.4. The number of nitrogens with one attached hydrogen (secondary N) is 1. The Hall–Kier alpha value is -0.370. The van der Waals surface area contributed by atoms with Crippen LogP contribution >= 0.6 is 0 Å². The first-order valence-electron chi connectivity index (χ1n) is 4.65. The van der Waals surface area contributed by atoms with E-state index in [0.717, 1.165) is 12.0 Å². The zero-order valence-electron chi connectivity index (χ0n) is 7.05. The smallest absolute Gasteiger partial charge is 0.146 e. The summed E-state index contributed by atoms with van der Waals surface area (Å²) in [5, 5.41) is 3.59. The lowest BCUT2D eigenvalue weighted by Crippen LogP contribution is -2.49. The van der Waals surface area contributed by atoms with Gasteiger partial charge in [-0.1, -0.05) is 0 Å². The van der Waals surface area contributed by atoms with Gasteiger partial charge in [-0.05, 0) is 19.4 Å². The number of hydrogen-bond donors (Lipinski definition) is 1. The van der Waals surface area contributed by atoms with E-state index in [1.807, 2.05) is 0 Å². The molecule has 2 unspecified atom stereocenters. The van der Waals surface area contributed by atoms with Crippen LogP contribution in [0.2, 0.25) is 0 Å². The summed E-state index contributed by atoms with van der Waals surface area (Å²) in [6.45, 7) is 7.61. The summed E-state index contributed by atoms with van der Waals surface area (Å²) in [7, 11) is 0. The molecule has 0 aromatic heterocycles. The van der Waals surface area contributed by atoms with Gasteiger partial charge < -0.3 is 5.32 Å². The molecule has 0 bridgehead atoms. The third kappa shape index (κ3) is 1.45. The number of fused-ring (bicyclic) bond motifs is 1. The van der Waals surface area contributed by atoms with Crippen LogP contribution in [-0.4, -0.2) is 37.0 Å². The predicted molar refractivity (Wildman–Crippen MR) is 46.2 cm³/mol. The minimum absolute atomic E-state index is 0.807. The van der Waals surface area contributed by atoms with Gasteiger partial charge in [0.25, 0.3) is 0 Å². The molecule has 0 aromatic rings. The molecular weight excluding hydrogens is 136 g/mol. The predicted octanol–water partition coefficient (Wildman–Crippen LogP) is 0.471. The molecule has 2 fully saturated rings. The van der Waals surface area contributed by atoms with E-state index in [4.69, 9.17) is 0 Å². The lowest BCUT2D eigenvalue weighted by molar-refractivity contribution is -0.540. The molecule has 0 aliphatic carbocycles. The summed E-state index contributed by atoms with van der Waals surface area (Å²) in [4.78, 5) is 0. The minimum Gasteiger partial charge on any atom is -0.313 e. The van der Waals surface area contributed by atoms with Crippen LogP contribution in [0.1, 0.15) is 19.3 Å². The summed E-state index contributed by atoms with van der Waals surface area (Å²) in [5.41, 5.74) is 0. The summed E-state index contributed by atoms with van der Waals surface area (Å²) in [6, 6.07) is 0.807. The van der Waals surface area contributed by atoms with Crippen molar-refractivity contribution in [1.82, 2.24) is 5.32 Å². The van der Waals surface area contributed by atoms with Gasteiger partial charge in [0, 0.05) is 18.4 Å². The second-order valence-corrected chi connectivity index (χ2v) is 3.83. The third-order valence-electron chi connectivity index (χ3n) is 2.98. The van der Waals surface area contributed by atoms with E-state index in [9.17, 15) is 0 Å². The van der Waals surface area contributed by atoms with Gasteiger partial charge in [-0.15, -0.1) is 0 Å². The Bertz CT molecular complexity index is 165. The molecule has 2 saturated heterocycles. The number of nitrogens with zero attached hydrogens (tertiary/aromatic N) is 1. The number of rotatable bonds is 0. The maximum absolute atomic E-state index is 3.99. The zero-order chi connectivity index (χ0) is 7.68. The Morgan fingerprint density at radius 2 is 2.27 bits per heavy atom. The maximum atomic E-state index is 3.99. The summed E-state index contributed by atoms with van der Waals surface area (Å²) in [6.07, 6.45) is 4.06. The molecule has 2 heteroatoms. The van der Waals surface area contributed by atoms with Gasteiger partial charge in [0.15, 0.2) is 0 Å². The lowest BCUT2D eigenvalue weighted by Gasteiger charge is -2.33. The van der Waals surface area contributed by atoms with Crippen molar-refractivity contribution in [3.05, 3.63) is 0 Å². The number of piperidine rings is 2. The van der Waals surface area contributed by atoms with Crippen molar-refractivity contribution in [3.63, 3.8) is 0 Å². The first kappa shape index (κ1) is 7.29. The van der Waals surface area contributed by atoms with Crippen molar-refractivity contribution in [2.45, 2.75) is 25.3 Å². The highest BCUT2D eigenvalue weighted by Crippen LogP contribution is 2.22. The van der Waals surface area contributed by atoms with E-state index in [-0.39, 0.29) is 0 Å². The van der Waals surface area contributed by atoms with Crippen LogP contribution in [0.15, 0.2) is 0 Å². The molecule has 0 aromatic carbocycles. The summed E-state index contributed by atoms with van der Waals surface area (Å²) >= 11 is 0. The van der Waals surface area contributed by atoms with E-state index in [0.29, 0.717) is 0 Å². The van der Waals surface area contributed by atoms with Crippen molar-refractivity contribution in [2.24, 2.45) is 5.92 Å². The molecule has 62 valence electrons. The van der Waals surface area contributed by atoms with E-state index in [1.54, 1.807) is 0 Å². The third-order valence-corrected chi connectivity index (χ3v) is 2.98.